The minimum absolute atomic E-state index is 0.0393. The number of rotatable bonds is 4. The number of carbonyl (C=O) groups is 2. The van der Waals surface area contributed by atoms with Gasteiger partial charge >= 0.3 is 12.0 Å². The van der Waals surface area contributed by atoms with E-state index in [4.69, 9.17) is 9.57 Å². The Morgan fingerprint density at radius 1 is 1.42 bits per heavy atom. The number of piperidine rings is 1. The second-order valence-corrected chi connectivity index (χ2v) is 5.66. The topological polar surface area (TPSA) is 59.1 Å². The Morgan fingerprint density at radius 2 is 2.11 bits per heavy atom. The largest absolute Gasteiger partial charge is 0.464 e. The van der Waals surface area contributed by atoms with Crippen LogP contribution in [0.5, 0.6) is 0 Å². The van der Waals surface area contributed by atoms with Gasteiger partial charge in [0.15, 0.2) is 5.60 Å². The molecule has 2 rings (SSSR count). The Labute approximate surface area is 113 Å². The number of hydroxylamine groups is 2. The van der Waals surface area contributed by atoms with Crippen LogP contribution >= 0.6 is 0 Å². The van der Waals surface area contributed by atoms with Gasteiger partial charge in [0.25, 0.3) is 0 Å². The number of carbonyl (C=O) groups excluding carboxylic acids is 2. The van der Waals surface area contributed by atoms with E-state index in [1.54, 1.807) is 25.7 Å². The van der Waals surface area contributed by atoms with Crippen LogP contribution < -0.4 is 0 Å². The van der Waals surface area contributed by atoms with E-state index in [0.29, 0.717) is 13.2 Å². The number of ether oxygens (including phenoxy) is 1. The Hall–Kier alpha value is -1.30. The van der Waals surface area contributed by atoms with Crippen LogP contribution in [0.1, 0.15) is 40.5 Å². The van der Waals surface area contributed by atoms with Gasteiger partial charge in [0, 0.05) is 12.6 Å². The van der Waals surface area contributed by atoms with Gasteiger partial charge in [-0.3, -0.25) is 4.84 Å². The minimum atomic E-state index is -1.15. The smallest absolute Gasteiger partial charge is 0.344 e. The summed E-state index contributed by atoms with van der Waals surface area (Å²) >= 11 is 0. The van der Waals surface area contributed by atoms with Crippen molar-refractivity contribution in [3.63, 3.8) is 0 Å². The molecule has 2 aliphatic heterocycles. The molecule has 0 aromatic rings. The first-order valence-electron chi connectivity index (χ1n) is 6.83. The molecule has 6 heteroatoms. The van der Waals surface area contributed by atoms with Crippen molar-refractivity contribution in [1.82, 2.24) is 9.96 Å². The van der Waals surface area contributed by atoms with Crippen molar-refractivity contribution < 1.29 is 19.2 Å². The maximum atomic E-state index is 12.2. The first-order chi connectivity index (χ1) is 8.86. The molecular weight excluding hydrogens is 248 g/mol. The van der Waals surface area contributed by atoms with E-state index in [-0.39, 0.29) is 18.1 Å². The van der Waals surface area contributed by atoms with E-state index in [0.717, 1.165) is 12.8 Å². The van der Waals surface area contributed by atoms with Gasteiger partial charge in [0.1, 0.15) is 0 Å². The molecule has 0 unspecified atom stereocenters. The highest BCUT2D eigenvalue weighted by molar-refractivity contribution is 5.80. The summed E-state index contributed by atoms with van der Waals surface area (Å²) in [4.78, 5) is 31.5. The fourth-order valence-corrected chi connectivity index (χ4v) is 2.53. The fraction of sp³-hybridized carbons (Fsp3) is 0.846. The second-order valence-electron chi connectivity index (χ2n) is 5.66. The lowest BCUT2D eigenvalue weighted by atomic mass is 10.0. The zero-order valence-corrected chi connectivity index (χ0v) is 12.0. The molecule has 0 N–H and O–H groups in total. The van der Waals surface area contributed by atoms with Crippen LogP contribution in [0.2, 0.25) is 0 Å². The van der Waals surface area contributed by atoms with E-state index >= 15 is 0 Å². The maximum absolute atomic E-state index is 12.2. The summed E-state index contributed by atoms with van der Waals surface area (Å²) in [5.41, 5.74) is -1.15. The van der Waals surface area contributed by atoms with Gasteiger partial charge in [-0.15, -0.1) is 0 Å². The van der Waals surface area contributed by atoms with Crippen LogP contribution in [0.4, 0.5) is 4.79 Å². The van der Waals surface area contributed by atoms with Crippen molar-refractivity contribution in [2.24, 2.45) is 0 Å². The molecule has 2 aliphatic rings. The summed E-state index contributed by atoms with van der Waals surface area (Å²) in [6.07, 6.45) is 1.87. The lowest BCUT2D eigenvalue weighted by molar-refractivity contribution is -0.225. The van der Waals surface area contributed by atoms with E-state index < -0.39 is 11.6 Å². The molecule has 0 saturated carbocycles. The first kappa shape index (κ1) is 14.1. The molecule has 2 atom stereocenters. The van der Waals surface area contributed by atoms with Gasteiger partial charge in [-0.25, -0.2) is 9.59 Å². The Bertz CT molecular complexity index is 383. The molecular formula is C13H22N2O4. The van der Waals surface area contributed by atoms with Crippen molar-refractivity contribution in [2.45, 2.75) is 58.2 Å². The van der Waals surface area contributed by atoms with Crippen molar-refractivity contribution in [2.75, 3.05) is 13.2 Å². The summed E-state index contributed by atoms with van der Waals surface area (Å²) in [6, 6.07) is 0.132. The SMILES string of the molecule is CCOC(=O)C(C)(C)ON1C(=O)N2C[C@H]1CC[C@H]2C. The van der Waals surface area contributed by atoms with Crippen LogP contribution in [-0.4, -0.2) is 52.8 Å². The average Bonchev–Trinajstić information content (AvgIpc) is 2.60. The van der Waals surface area contributed by atoms with Crippen LogP contribution in [0.25, 0.3) is 0 Å². The maximum Gasteiger partial charge on any atom is 0.344 e. The number of urea groups is 1. The summed E-state index contributed by atoms with van der Waals surface area (Å²) in [6.45, 7) is 8.01. The van der Waals surface area contributed by atoms with Crippen molar-refractivity contribution in [3.8, 4) is 0 Å². The zero-order valence-electron chi connectivity index (χ0n) is 12.0. The monoisotopic (exact) mass is 270 g/mol. The second kappa shape index (κ2) is 5.00. The van der Waals surface area contributed by atoms with E-state index in [1.165, 1.54) is 5.06 Å². The summed E-state index contributed by atoms with van der Waals surface area (Å²) in [5.74, 6) is -0.452. The Balaban J connectivity index is 2.07. The molecule has 2 bridgehead atoms. The predicted octanol–water partition coefficient (Wildman–Crippen LogP) is 1.55. The van der Waals surface area contributed by atoms with E-state index in [2.05, 4.69) is 0 Å². The van der Waals surface area contributed by atoms with Gasteiger partial charge in [0.2, 0.25) is 0 Å². The molecule has 2 amide bonds. The van der Waals surface area contributed by atoms with Gasteiger partial charge in [-0.1, -0.05) is 0 Å². The quantitative estimate of drug-likeness (QED) is 0.727. The highest BCUT2D eigenvalue weighted by Crippen LogP contribution is 2.31. The van der Waals surface area contributed by atoms with Crippen LogP contribution in [0, 0.1) is 0 Å². The molecule has 0 aromatic heterocycles. The number of hydrogen-bond donors (Lipinski definition) is 0. The van der Waals surface area contributed by atoms with Crippen LogP contribution in [0.3, 0.4) is 0 Å². The third-order valence-electron chi connectivity index (χ3n) is 3.72. The molecule has 6 nitrogen and oxygen atoms in total. The third-order valence-corrected chi connectivity index (χ3v) is 3.72. The lowest BCUT2D eigenvalue weighted by Crippen LogP contribution is -2.46. The van der Waals surface area contributed by atoms with Gasteiger partial charge in [0.05, 0.1) is 12.6 Å². The highest BCUT2D eigenvalue weighted by Gasteiger charge is 2.47. The van der Waals surface area contributed by atoms with Crippen molar-refractivity contribution in [1.29, 1.82) is 0 Å². The number of hydrogen-bond acceptors (Lipinski definition) is 4. The Kier molecular flexibility index (Phi) is 3.71. The normalized spacial score (nSPS) is 26.8. The molecule has 0 radical (unpaired) electrons. The number of esters is 1. The molecule has 0 aliphatic carbocycles. The third kappa shape index (κ3) is 2.54. The lowest BCUT2D eigenvalue weighted by Gasteiger charge is -2.30. The van der Waals surface area contributed by atoms with Crippen LogP contribution in [-0.2, 0) is 14.4 Å². The molecule has 0 spiro atoms. The molecule has 0 aromatic carbocycles. The van der Waals surface area contributed by atoms with Crippen molar-refractivity contribution >= 4 is 12.0 Å². The summed E-state index contributed by atoms with van der Waals surface area (Å²) in [7, 11) is 0. The highest BCUT2D eigenvalue weighted by atomic mass is 16.7. The standard InChI is InChI=1S/C13H22N2O4/c1-5-18-11(16)13(3,4)19-15-10-7-6-9(2)14(8-10)12(15)17/h9-10H,5-8H2,1-4H3/t9-,10-/m1/s1. The summed E-state index contributed by atoms with van der Waals surface area (Å²) < 4.78 is 4.97. The number of fused-ring (bicyclic) bond motifs is 2. The summed E-state index contributed by atoms with van der Waals surface area (Å²) in [5, 5.41) is 1.36. The molecule has 2 heterocycles. The van der Waals surface area contributed by atoms with E-state index in [9.17, 15) is 9.59 Å². The average molecular weight is 270 g/mol. The molecule has 19 heavy (non-hydrogen) atoms. The zero-order chi connectivity index (χ0) is 14.2. The van der Waals surface area contributed by atoms with Crippen molar-refractivity contribution in [3.05, 3.63) is 0 Å². The number of amides is 2. The van der Waals surface area contributed by atoms with Gasteiger partial charge < -0.3 is 9.64 Å². The Morgan fingerprint density at radius 3 is 2.68 bits per heavy atom. The van der Waals surface area contributed by atoms with Crippen LogP contribution in [0.15, 0.2) is 0 Å². The van der Waals surface area contributed by atoms with Gasteiger partial charge in [-0.05, 0) is 40.5 Å². The number of nitrogens with zero attached hydrogens (tertiary/aromatic N) is 2. The molecule has 2 fully saturated rings. The first-order valence-corrected chi connectivity index (χ1v) is 6.83. The fourth-order valence-electron chi connectivity index (χ4n) is 2.53. The molecule has 2 saturated heterocycles. The van der Waals surface area contributed by atoms with E-state index in [1.807, 2.05) is 6.92 Å². The van der Waals surface area contributed by atoms with Gasteiger partial charge in [-0.2, -0.15) is 5.06 Å². The molecule has 108 valence electrons. The minimum Gasteiger partial charge on any atom is -0.464 e. The predicted molar refractivity (Wildman–Crippen MR) is 68.2 cm³/mol.